The van der Waals surface area contributed by atoms with Gasteiger partial charge in [-0.1, -0.05) is 12.1 Å². The number of hydrogen-bond donors (Lipinski definition) is 1. The van der Waals surface area contributed by atoms with E-state index in [-0.39, 0.29) is 22.5 Å². The van der Waals surface area contributed by atoms with Gasteiger partial charge in [0.2, 0.25) is 11.9 Å². The van der Waals surface area contributed by atoms with Gasteiger partial charge in [-0.15, -0.1) is 0 Å². The van der Waals surface area contributed by atoms with Crippen molar-refractivity contribution < 1.29 is 17.6 Å². The van der Waals surface area contributed by atoms with E-state index < -0.39 is 9.84 Å². The number of fused-ring (bicyclic) bond motifs is 1. The van der Waals surface area contributed by atoms with Crippen molar-refractivity contribution in [1.82, 2.24) is 15.3 Å². The summed E-state index contributed by atoms with van der Waals surface area (Å²) >= 11 is 0. The van der Waals surface area contributed by atoms with E-state index in [4.69, 9.17) is 0 Å². The monoisotopic (exact) mass is 470 g/mol. The Hall–Kier alpha value is -3.07. The zero-order valence-electron chi connectivity index (χ0n) is 18.7. The van der Waals surface area contributed by atoms with Gasteiger partial charge in [0.1, 0.15) is 5.82 Å². The number of benzene rings is 2. The van der Waals surface area contributed by atoms with Gasteiger partial charge < -0.3 is 10.2 Å². The average molecular weight is 471 g/mol. The maximum Gasteiger partial charge on any atom is 0.226 e. The molecule has 9 heteroatoms. The van der Waals surface area contributed by atoms with E-state index >= 15 is 0 Å². The molecule has 1 aromatic heterocycles. The number of nitrogens with zero attached hydrogens (tertiary/aromatic N) is 3. The SMILES string of the molecule is Cc1nc(N2CCC[C@@H](C(=O)NCCc3cccc(F)c3)C2)nc2cc(S(C)(=O)=O)ccc12. The van der Waals surface area contributed by atoms with Gasteiger partial charge in [-0.3, -0.25) is 4.79 Å². The Morgan fingerprint density at radius 3 is 2.79 bits per heavy atom. The molecule has 1 fully saturated rings. The maximum atomic E-state index is 13.3. The molecule has 1 aliphatic heterocycles. The molecular formula is C24H27FN4O3S. The first kappa shape index (κ1) is 23.1. The van der Waals surface area contributed by atoms with E-state index in [0.29, 0.717) is 31.0 Å². The summed E-state index contributed by atoms with van der Waals surface area (Å²) in [6.07, 6.45) is 3.33. The summed E-state index contributed by atoms with van der Waals surface area (Å²) in [6.45, 7) is 3.53. The zero-order chi connectivity index (χ0) is 23.6. The van der Waals surface area contributed by atoms with Crippen molar-refractivity contribution in [2.24, 2.45) is 5.92 Å². The Morgan fingerprint density at radius 1 is 1.21 bits per heavy atom. The molecule has 3 aromatic rings. The third-order valence-corrected chi connectivity index (χ3v) is 7.06. The van der Waals surface area contributed by atoms with Gasteiger partial charge in [-0.2, -0.15) is 0 Å². The first-order chi connectivity index (χ1) is 15.7. The Morgan fingerprint density at radius 2 is 2.03 bits per heavy atom. The van der Waals surface area contributed by atoms with Crippen molar-refractivity contribution >= 4 is 32.6 Å². The van der Waals surface area contributed by atoms with Crippen molar-refractivity contribution in [2.75, 3.05) is 30.8 Å². The number of aromatic nitrogens is 2. The minimum atomic E-state index is -3.34. The quantitative estimate of drug-likeness (QED) is 0.595. The largest absolute Gasteiger partial charge is 0.355 e. The van der Waals surface area contributed by atoms with Crippen LogP contribution in [0.2, 0.25) is 0 Å². The third-order valence-electron chi connectivity index (χ3n) is 5.95. The minimum Gasteiger partial charge on any atom is -0.355 e. The minimum absolute atomic E-state index is 0.0343. The van der Waals surface area contributed by atoms with Crippen LogP contribution in [0.5, 0.6) is 0 Å². The van der Waals surface area contributed by atoms with Crippen LogP contribution in [-0.2, 0) is 21.1 Å². The number of sulfone groups is 1. The molecule has 1 amide bonds. The first-order valence-corrected chi connectivity index (χ1v) is 12.9. The van der Waals surface area contributed by atoms with Crippen molar-refractivity contribution in [1.29, 1.82) is 0 Å². The lowest BCUT2D eigenvalue weighted by Gasteiger charge is -2.32. The predicted octanol–water partition coefficient (Wildman–Crippen LogP) is 3.06. The molecule has 1 N–H and O–H groups in total. The Balaban J connectivity index is 1.45. The van der Waals surface area contributed by atoms with Crippen LogP contribution in [0.4, 0.5) is 10.3 Å². The topological polar surface area (TPSA) is 92.3 Å². The van der Waals surface area contributed by atoms with Crippen LogP contribution in [0, 0.1) is 18.7 Å². The molecule has 2 aromatic carbocycles. The van der Waals surface area contributed by atoms with Crippen molar-refractivity contribution in [3.05, 3.63) is 59.5 Å². The molecule has 2 heterocycles. The van der Waals surface area contributed by atoms with E-state index in [1.807, 2.05) is 17.9 Å². The second-order valence-electron chi connectivity index (χ2n) is 8.52. The van der Waals surface area contributed by atoms with Gasteiger partial charge in [0.25, 0.3) is 0 Å². The lowest BCUT2D eigenvalue weighted by molar-refractivity contribution is -0.125. The zero-order valence-corrected chi connectivity index (χ0v) is 19.5. The van der Waals surface area contributed by atoms with Crippen molar-refractivity contribution in [3.8, 4) is 0 Å². The molecule has 1 atom stereocenters. The number of piperidine rings is 1. The fourth-order valence-corrected chi connectivity index (χ4v) is 4.81. The molecule has 0 bridgehead atoms. The fourth-order valence-electron chi connectivity index (χ4n) is 4.16. The summed E-state index contributed by atoms with van der Waals surface area (Å²) in [4.78, 5) is 24.2. The van der Waals surface area contributed by atoms with Gasteiger partial charge in [-0.05, 0) is 62.1 Å². The Kier molecular flexibility index (Phi) is 6.60. The van der Waals surface area contributed by atoms with E-state index in [1.165, 1.54) is 18.4 Å². The third kappa shape index (κ3) is 5.47. The smallest absolute Gasteiger partial charge is 0.226 e. The predicted molar refractivity (Wildman–Crippen MR) is 125 cm³/mol. The first-order valence-electron chi connectivity index (χ1n) is 11.0. The van der Waals surface area contributed by atoms with Crippen LogP contribution < -0.4 is 10.2 Å². The second kappa shape index (κ2) is 9.43. The van der Waals surface area contributed by atoms with E-state index in [1.54, 1.807) is 24.3 Å². The summed E-state index contributed by atoms with van der Waals surface area (Å²) in [6, 6.07) is 11.3. The standard InChI is InChI=1S/C24H27FN4O3S/c1-16-21-9-8-20(33(2,31)32)14-22(21)28-24(27-16)29-12-4-6-18(15-29)23(30)26-11-10-17-5-3-7-19(25)13-17/h3,5,7-9,13-14,18H,4,6,10-12,15H2,1-2H3,(H,26,30)/t18-/m1/s1. The van der Waals surface area contributed by atoms with E-state index in [2.05, 4.69) is 15.3 Å². The van der Waals surface area contributed by atoms with Crippen LogP contribution in [0.1, 0.15) is 24.1 Å². The molecule has 0 spiro atoms. The Labute approximate surface area is 193 Å². The van der Waals surface area contributed by atoms with Crippen LogP contribution >= 0.6 is 0 Å². The molecule has 0 unspecified atom stereocenters. The normalized spacial score (nSPS) is 16.7. The number of carbonyl (C=O) groups excluding carboxylic acids is 1. The lowest BCUT2D eigenvalue weighted by Crippen LogP contribution is -2.44. The molecule has 0 radical (unpaired) electrons. The number of amides is 1. The number of halogens is 1. The van der Waals surface area contributed by atoms with E-state index in [9.17, 15) is 17.6 Å². The summed E-state index contributed by atoms with van der Waals surface area (Å²) in [5.41, 5.74) is 2.17. The fraction of sp³-hybridized carbons (Fsp3) is 0.375. The highest BCUT2D eigenvalue weighted by molar-refractivity contribution is 7.90. The molecule has 1 aliphatic rings. The summed E-state index contributed by atoms with van der Waals surface area (Å²) < 4.78 is 37.2. The highest BCUT2D eigenvalue weighted by Gasteiger charge is 2.27. The second-order valence-corrected chi connectivity index (χ2v) is 10.5. The molecule has 7 nitrogen and oxygen atoms in total. The number of aryl methyl sites for hydroxylation is 1. The molecule has 174 valence electrons. The average Bonchev–Trinajstić information content (AvgIpc) is 2.78. The van der Waals surface area contributed by atoms with Crippen LogP contribution in [0.25, 0.3) is 10.9 Å². The number of hydrogen-bond acceptors (Lipinski definition) is 6. The van der Waals surface area contributed by atoms with Gasteiger partial charge in [0.05, 0.1) is 22.0 Å². The highest BCUT2D eigenvalue weighted by Crippen LogP contribution is 2.25. The van der Waals surface area contributed by atoms with Crippen molar-refractivity contribution in [3.63, 3.8) is 0 Å². The van der Waals surface area contributed by atoms with E-state index in [0.717, 1.165) is 36.0 Å². The Bertz CT molecular complexity index is 1300. The number of carbonyl (C=O) groups is 1. The van der Waals surface area contributed by atoms with Crippen molar-refractivity contribution in [2.45, 2.75) is 31.1 Å². The summed E-state index contributed by atoms with van der Waals surface area (Å²) in [7, 11) is -3.34. The number of nitrogens with one attached hydrogen (secondary N) is 1. The summed E-state index contributed by atoms with van der Waals surface area (Å²) in [5, 5.41) is 3.76. The van der Waals surface area contributed by atoms with Gasteiger partial charge in [0, 0.05) is 31.3 Å². The van der Waals surface area contributed by atoms with Crippen LogP contribution in [0.15, 0.2) is 47.4 Å². The van der Waals surface area contributed by atoms with Crippen LogP contribution in [0.3, 0.4) is 0 Å². The molecule has 0 aliphatic carbocycles. The van der Waals surface area contributed by atoms with Gasteiger partial charge in [-0.25, -0.2) is 22.8 Å². The molecule has 0 saturated carbocycles. The molecule has 33 heavy (non-hydrogen) atoms. The number of rotatable bonds is 6. The molecular weight excluding hydrogens is 443 g/mol. The summed E-state index contributed by atoms with van der Waals surface area (Å²) in [5.74, 6) is -0.0137. The maximum absolute atomic E-state index is 13.3. The molecule has 1 saturated heterocycles. The molecule has 4 rings (SSSR count). The highest BCUT2D eigenvalue weighted by atomic mass is 32.2. The van der Waals surface area contributed by atoms with Gasteiger partial charge >= 0.3 is 0 Å². The lowest BCUT2D eigenvalue weighted by atomic mass is 9.97. The van der Waals surface area contributed by atoms with Crippen LogP contribution in [-0.4, -0.2) is 50.2 Å². The van der Waals surface area contributed by atoms with Gasteiger partial charge in [0.15, 0.2) is 9.84 Å². The number of anilines is 1.